The Kier molecular flexibility index (Phi) is 5.31. The SMILES string of the molecule is NCC(c1ccccc1)N(N)C(=O)OCc1ccccc1. The van der Waals surface area contributed by atoms with Crippen molar-refractivity contribution in [1.29, 1.82) is 0 Å². The lowest BCUT2D eigenvalue weighted by molar-refractivity contribution is 0.0812. The molecule has 0 aliphatic heterocycles. The first-order chi connectivity index (χ1) is 10.2. The van der Waals surface area contributed by atoms with Gasteiger partial charge in [-0.1, -0.05) is 60.7 Å². The van der Waals surface area contributed by atoms with Gasteiger partial charge in [0.1, 0.15) is 6.61 Å². The third-order valence-corrected chi connectivity index (χ3v) is 3.16. The van der Waals surface area contributed by atoms with E-state index in [9.17, 15) is 4.79 Å². The fraction of sp³-hybridized carbons (Fsp3) is 0.188. The van der Waals surface area contributed by atoms with Gasteiger partial charge in [-0.25, -0.2) is 15.6 Å². The molecule has 0 fully saturated rings. The second-order valence-electron chi connectivity index (χ2n) is 4.61. The minimum absolute atomic E-state index is 0.180. The van der Waals surface area contributed by atoms with Crippen LogP contribution in [0.3, 0.4) is 0 Å². The van der Waals surface area contributed by atoms with E-state index in [2.05, 4.69) is 0 Å². The van der Waals surface area contributed by atoms with E-state index >= 15 is 0 Å². The Morgan fingerprint density at radius 2 is 1.62 bits per heavy atom. The van der Waals surface area contributed by atoms with Crippen molar-refractivity contribution in [2.24, 2.45) is 11.6 Å². The van der Waals surface area contributed by atoms with Gasteiger partial charge >= 0.3 is 6.09 Å². The number of nitrogens with zero attached hydrogens (tertiary/aromatic N) is 1. The van der Waals surface area contributed by atoms with Crippen LogP contribution in [0.5, 0.6) is 0 Å². The van der Waals surface area contributed by atoms with Gasteiger partial charge < -0.3 is 10.5 Å². The smallest absolute Gasteiger partial charge is 0.425 e. The van der Waals surface area contributed by atoms with Gasteiger partial charge in [0.15, 0.2) is 0 Å². The molecule has 0 bridgehead atoms. The lowest BCUT2D eigenvalue weighted by atomic mass is 10.1. The Bertz CT molecular complexity index is 560. The third-order valence-electron chi connectivity index (χ3n) is 3.16. The maximum Gasteiger partial charge on any atom is 0.425 e. The zero-order chi connectivity index (χ0) is 15.1. The maximum atomic E-state index is 12.0. The van der Waals surface area contributed by atoms with E-state index in [1.807, 2.05) is 60.7 Å². The highest BCUT2D eigenvalue weighted by molar-refractivity contribution is 5.67. The second kappa shape index (κ2) is 7.42. The molecular formula is C16H19N3O2. The summed E-state index contributed by atoms with van der Waals surface area (Å²) < 4.78 is 5.20. The Hall–Kier alpha value is -2.37. The van der Waals surface area contributed by atoms with Gasteiger partial charge in [0.25, 0.3) is 0 Å². The van der Waals surface area contributed by atoms with E-state index in [1.54, 1.807) is 0 Å². The van der Waals surface area contributed by atoms with Crippen LogP contribution >= 0.6 is 0 Å². The summed E-state index contributed by atoms with van der Waals surface area (Å²) in [6.07, 6.45) is -0.599. The molecule has 5 nitrogen and oxygen atoms in total. The summed E-state index contributed by atoms with van der Waals surface area (Å²) in [6, 6.07) is 18.4. The van der Waals surface area contributed by atoms with Gasteiger partial charge in [-0.2, -0.15) is 0 Å². The maximum absolute atomic E-state index is 12.0. The van der Waals surface area contributed by atoms with Gasteiger partial charge in [-0.15, -0.1) is 0 Å². The van der Waals surface area contributed by atoms with Crippen molar-refractivity contribution in [3.8, 4) is 0 Å². The molecule has 0 saturated carbocycles. The first kappa shape index (κ1) is 15.0. The third kappa shape index (κ3) is 4.05. The summed E-state index contributed by atoms with van der Waals surface area (Å²) in [7, 11) is 0. The molecule has 0 heterocycles. The average molecular weight is 285 g/mol. The molecule has 0 aliphatic rings. The summed E-state index contributed by atoms with van der Waals surface area (Å²) in [6.45, 7) is 0.403. The van der Waals surface area contributed by atoms with Crippen LogP contribution in [-0.4, -0.2) is 17.6 Å². The Morgan fingerprint density at radius 3 is 2.19 bits per heavy atom. The summed E-state index contributed by atoms with van der Waals surface area (Å²) in [4.78, 5) is 12.0. The number of carbonyl (C=O) groups is 1. The lowest BCUT2D eigenvalue weighted by Crippen LogP contribution is -2.43. The van der Waals surface area contributed by atoms with Crippen molar-refractivity contribution in [2.45, 2.75) is 12.6 Å². The van der Waals surface area contributed by atoms with Crippen molar-refractivity contribution in [1.82, 2.24) is 5.01 Å². The molecule has 1 atom stereocenters. The average Bonchev–Trinajstić information content (AvgIpc) is 2.55. The van der Waals surface area contributed by atoms with Crippen molar-refractivity contribution in [3.63, 3.8) is 0 Å². The zero-order valence-corrected chi connectivity index (χ0v) is 11.7. The van der Waals surface area contributed by atoms with Gasteiger partial charge in [0.05, 0.1) is 6.04 Å². The highest BCUT2D eigenvalue weighted by Crippen LogP contribution is 2.17. The number of carbonyl (C=O) groups excluding carboxylic acids is 1. The molecule has 4 N–H and O–H groups in total. The predicted molar refractivity (Wildman–Crippen MR) is 80.9 cm³/mol. The van der Waals surface area contributed by atoms with Gasteiger partial charge in [0.2, 0.25) is 0 Å². The molecule has 1 unspecified atom stereocenters. The van der Waals surface area contributed by atoms with Gasteiger partial charge in [-0.05, 0) is 11.1 Å². The highest BCUT2D eigenvalue weighted by atomic mass is 16.6. The largest absolute Gasteiger partial charge is 0.444 e. The first-order valence-electron chi connectivity index (χ1n) is 6.72. The van der Waals surface area contributed by atoms with Gasteiger partial charge in [0, 0.05) is 6.54 Å². The van der Waals surface area contributed by atoms with Crippen LogP contribution in [-0.2, 0) is 11.3 Å². The van der Waals surface area contributed by atoms with Crippen molar-refractivity contribution < 1.29 is 9.53 Å². The number of hydrogen-bond acceptors (Lipinski definition) is 4. The number of benzene rings is 2. The first-order valence-corrected chi connectivity index (χ1v) is 6.72. The number of hydrogen-bond donors (Lipinski definition) is 2. The van der Waals surface area contributed by atoms with Crippen molar-refractivity contribution in [2.75, 3.05) is 6.54 Å². The minimum atomic E-state index is -0.599. The van der Waals surface area contributed by atoms with Crippen LogP contribution in [0.15, 0.2) is 60.7 Å². The van der Waals surface area contributed by atoms with Crippen LogP contribution in [0.2, 0.25) is 0 Å². The zero-order valence-electron chi connectivity index (χ0n) is 11.7. The van der Waals surface area contributed by atoms with Crippen LogP contribution in [0.1, 0.15) is 17.2 Å². The van der Waals surface area contributed by atoms with E-state index in [0.717, 1.165) is 16.1 Å². The minimum Gasteiger partial charge on any atom is -0.444 e. The summed E-state index contributed by atoms with van der Waals surface area (Å²) >= 11 is 0. The van der Waals surface area contributed by atoms with Crippen LogP contribution < -0.4 is 11.6 Å². The topological polar surface area (TPSA) is 81.6 Å². The molecular weight excluding hydrogens is 266 g/mol. The Labute approximate surface area is 124 Å². The normalized spacial score (nSPS) is 11.7. The summed E-state index contributed by atoms with van der Waals surface area (Å²) in [5, 5.41) is 1.04. The molecule has 0 radical (unpaired) electrons. The molecule has 0 spiro atoms. The number of ether oxygens (including phenoxy) is 1. The fourth-order valence-corrected chi connectivity index (χ4v) is 2.01. The number of hydrazine groups is 1. The van der Waals surface area contributed by atoms with E-state index < -0.39 is 12.1 Å². The van der Waals surface area contributed by atoms with Crippen LogP contribution in [0.25, 0.3) is 0 Å². The Balaban J connectivity index is 1.97. The molecule has 2 rings (SSSR count). The standard InChI is InChI=1S/C16H19N3O2/c17-11-15(14-9-5-2-6-10-14)19(18)16(20)21-12-13-7-3-1-4-8-13/h1-10,15H,11-12,17-18H2. The van der Waals surface area contributed by atoms with Crippen LogP contribution in [0.4, 0.5) is 4.79 Å². The fourth-order valence-electron chi connectivity index (χ4n) is 2.01. The summed E-state index contributed by atoms with van der Waals surface area (Å²) in [5.74, 6) is 5.85. The second-order valence-corrected chi connectivity index (χ2v) is 4.61. The monoisotopic (exact) mass is 285 g/mol. The molecule has 5 heteroatoms. The number of nitrogens with two attached hydrogens (primary N) is 2. The highest BCUT2D eigenvalue weighted by Gasteiger charge is 2.22. The van der Waals surface area contributed by atoms with Crippen molar-refractivity contribution >= 4 is 6.09 Å². The van der Waals surface area contributed by atoms with Gasteiger partial charge in [-0.3, -0.25) is 0 Å². The summed E-state index contributed by atoms with van der Waals surface area (Å²) in [5.41, 5.74) is 7.50. The lowest BCUT2D eigenvalue weighted by Gasteiger charge is -2.26. The van der Waals surface area contributed by atoms with E-state index in [-0.39, 0.29) is 13.2 Å². The Morgan fingerprint density at radius 1 is 1.05 bits per heavy atom. The van der Waals surface area contributed by atoms with Crippen molar-refractivity contribution in [3.05, 3.63) is 71.8 Å². The molecule has 2 aromatic carbocycles. The molecule has 0 aromatic heterocycles. The predicted octanol–water partition coefficient (Wildman–Crippen LogP) is 2.20. The van der Waals surface area contributed by atoms with E-state index in [4.69, 9.17) is 16.3 Å². The molecule has 21 heavy (non-hydrogen) atoms. The quantitative estimate of drug-likeness (QED) is 0.501. The van der Waals surface area contributed by atoms with Crippen LogP contribution in [0, 0.1) is 0 Å². The number of amides is 1. The molecule has 2 aromatic rings. The molecule has 1 amide bonds. The van der Waals surface area contributed by atoms with E-state index in [0.29, 0.717) is 0 Å². The molecule has 0 saturated heterocycles. The number of rotatable bonds is 5. The molecule has 0 aliphatic carbocycles. The van der Waals surface area contributed by atoms with E-state index in [1.165, 1.54) is 0 Å². The molecule has 110 valence electrons.